The maximum atomic E-state index is 11.1. The first-order valence-electron chi connectivity index (χ1n) is 7.42. The van der Waals surface area contributed by atoms with Crippen LogP contribution in [0.2, 0.25) is 0 Å². The van der Waals surface area contributed by atoms with E-state index < -0.39 is 0 Å². The molecule has 0 aromatic heterocycles. The lowest BCUT2D eigenvalue weighted by molar-refractivity contribution is -0.140. The van der Waals surface area contributed by atoms with E-state index in [2.05, 4.69) is 9.73 Å². The normalized spacial score (nSPS) is 10.9. The molecule has 5 nitrogen and oxygen atoms in total. The molecule has 2 N–H and O–H groups in total. The summed E-state index contributed by atoms with van der Waals surface area (Å²) in [5, 5.41) is 20.1. The predicted octanol–water partition coefficient (Wildman–Crippen LogP) is 3.70. The summed E-state index contributed by atoms with van der Waals surface area (Å²) in [4.78, 5) is 15.8. The number of carbonyl (C=O) groups is 1. The van der Waals surface area contributed by atoms with Crippen LogP contribution in [0.1, 0.15) is 12.0 Å². The Morgan fingerprint density at radius 3 is 2.67 bits per heavy atom. The molecule has 0 amide bonds. The van der Waals surface area contributed by atoms with Crippen LogP contribution in [0.4, 0.5) is 5.69 Å². The van der Waals surface area contributed by atoms with Crippen LogP contribution in [0.5, 0.6) is 11.5 Å². The Morgan fingerprint density at radius 1 is 1.21 bits per heavy atom. The minimum atomic E-state index is -0.312. The van der Waals surface area contributed by atoms with E-state index in [9.17, 15) is 15.0 Å². The molecule has 2 rings (SSSR count). The number of ether oxygens (including phenoxy) is 1. The summed E-state index contributed by atoms with van der Waals surface area (Å²) in [6, 6.07) is 12.7. The molecule has 2 aromatic rings. The van der Waals surface area contributed by atoms with Crippen molar-refractivity contribution in [2.75, 3.05) is 12.9 Å². The van der Waals surface area contributed by atoms with E-state index in [1.54, 1.807) is 6.21 Å². The number of rotatable bonds is 7. The van der Waals surface area contributed by atoms with Gasteiger partial charge in [0, 0.05) is 24.5 Å². The van der Waals surface area contributed by atoms with Crippen molar-refractivity contribution >= 4 is 29.6 Å². The van der Waals surface area contributed by atoms with Crippen molar-refractivity contribution in [2.24, 2.45) is 4.99 Å². The highest BCUT2D eigenvalue weighted by molar-refractivity contribution is 7.99. The summed E-state index contributed by atoms with van der Waals surface area (Å²) in [6.45, 7) is 0. The van der Waals surface area contributed by atoms with Crippen molar-refractivity contribution in [3.63, 3.8) is 0 Å². The average Bonchev–Trinajstić information content (AvgIpc) is 2.59. The number of hydrogen-bond acceptors (Lipinski definition) is 6. The van der Waals surface area contributed by atoms with Gasteiger partial charge in [0.1, 0.15) is 17.2 Å². The Labute approximate surface area is 145 Å². The number of hydrogen-bond donors (Lipinski definition) is 2. The predicted molar refractivity (Wildman–Crippen MR) is 95.4 cm³/mol. The van der Waals surface area contributed by atoms with Crippen molar-refractivity contribution in [1.29, 1.82) is 0 Å². The quantitative estimate of drug-likeness (QED) is 0.346. The number of carbonyl (C=O) groups excluding carboxylic acids is 1. The fraction of sp³-hybridized carbons (Fsp3) is 0.222. The molecule has 2 aromatic carbocycles. The van der Waals surface area contributed by atoms with Gasteiger partial charge in [-0.1, -0.05) is 30.3 Å². The number of thioether (sulfide) groups is 1. The summed E-state index contributed by atoms with van der Waals surface area (Å²) >= 11 is 1.27. The maximum Gasteiger partial charge on any atom is 0.306 e. The van der Waals surface area contributed by atoms with Crippen LogP contribution in [0, 0.1) is 0 Å². The van der Waals surface area contributed by atoms with Crippen LogP contribution in [0.3, 0.4) is 0 Å². The molecule has 126 valence electrons. The first kappa shape index (κ1) is 17.9. The number of phenols is 2. The second kappa shape index (κ2) is 8.98. The largest absolute Gasteiger partial charge is 0.507 e. The van der Waals surface area contributed by atoms with E-state index in [1.165, 1.54) is 31.0 Å². The topological polar surface area (TPSA) is 79.1 Å². The molecule has 0 radical (unpaired) electrons. The lowest BCUT2D eigenvalue weighted by atomic mass is 10.2. The summed E-state index contributed by atoms with van der Waals surface area (Å²) in [5.41, 5.74) is 1.42. The third-order valence-electron chi connectivity index (χ3n) is 3.25. The summed E-state index contributed by atoms with van der Waals surface area (Å²) in [5.74, 6) is 0.150. The second-order valence-corrected chi connectivity index (χ2v) is 6.12. The van der Waals surface area contributed by atoms with E-state index >= 15 is 0 Å². The third kappa shape index (κ3) is 5.31. The van der Waals surface area contributed by atoms with Gasteiger partial charge in [-0.15, -0.1) is 11.8 Å². The molecule has 0 aliphatic carbocycles. The Balaban J connectivity index is 1.99. The van der Waals surface area contributed by atoms with E-state index in [-0.39, 0.29) is 23.9 Å². The van der Waals surface area contributed by atoms with Gasteiger partial charge in [-0.25, -0.2) is 0 Å². The number of aliphatic imine (C=N–C) groups is 1. The molecule has 6 heteroatoms. The van der Waals surface area contributed by atoms with Crippen LogP contribution in [-0.4, -0.2) is 35.3 Å². The zero-order valence-electron chi connectivity index (χ0n) is 13.3. The van der Waals surface area contributed by atoms with Gasteiger partial charge in [0.2, 0.25) is 0 Å². The first-order valence-corrected chi connectivity index (χ1v) is 8.40. The molecule has 0 aliphatic rings. The zero-order chi connectivity index (χ0) is 17.4. The van der Waals surface area contributed by atoms with Gasteiger partial charge in [0.05, 0.1) is 18.4 Å². The van der Waals surface area contributed by atoms with E-state index in [4.69, 9.17) is 0 Å². The van der Waals surface area contributed by atoms with Crippen LogP contribution >= 0.6 is 11.8 Å². The molecule has 0 unspecified atom stereocenters. The summed E-state index contributed by atoms with van der Waals surface area (Å²) < 4.78 is 4.56. The minimum absolute atomic E-state index is 0.0160. The number of nitrogens with zero attached hydrogens (tertiary/aromatic N) is 1. The third-order valence-corrected chi connectivity index (χ3v) is 4.29. The van der Waals surface area contributed by atoms with E-state index in [0.29, 0.717) is 22.8 Å². The summed E-state index contributed by atoms with van der Waals surface area (Å²) in [7, 11) is 1.33. The number of phenolic OH excluding ortho intramolecular Hbond substituents is 2. The first-order chi connectivity index (χ1) is 11.6. The maximum absolute atomic E-state index is 11.1. The Morgan fingerprint density at radius 2 is 1.96 bits per heavy atom. The van der Waals surface area contributed by atoms with Crippen molar-refractivity contribution < 1.29 is 19.7 Å². The Kier molecular flexibility index (Phi) is 6.69. The van der Waals surface area contributed by atoms with Crippen molar-refractivity contribution in [2.45, 2.75) is 17.7 Å². The van der Waals surface area contributed by atoms with Crippen LogP contribution in [0.25, 0.3) is 0 Å². The fourth-order valence-corrected chi connectivity index (χ4v) is 2.87. The average molecular weight is 345 g/mol. The highest BCUT2D eigenvalue weighted by atomic mass is 32.2. The van der Waals surface area contributed by atoms with Gasteiger partial charge >= 0.3 is 5.97 Å². The highest BCUT2D eigenvalue weighted by Crippen LogP contribution is 2.38. The standard InChI is InChI=1S/C18H19NO4S/c1-23-18(22)8-10-24-17-12-15(20)14(11-16(17)21)19-9-7-13-5-3-2-4-6-13/h2-6,9,11-12,20-21H,7-8,10H2,1H3. The molecule has 0 saturated carbocycles. The van der Waals surface area contributed by atoms with Crippen molar-refractivity contribution in [3.05, 3.63) is 48.0 Å². The molecule has 0 saturated heterocycles. The molecule has 0 spiro atoms. The molecule has 0 fully saturated rings. The fourth-order valence-electron chi connectivity index (χ4n) is 1.98. The van der Waals surface area contributed by atoms with Crippen LogP contribution < -0.4 is 0 Å². The second-order valence-electron chi connectivity index (χ2n) is 4.98. The molecule has 0 atom stereocenters. The van der Waals surface area contributed by atoms with Gasteiger partial charge < -0.3 is 14.9 Å². The number of methoxy groups -OCH3 is 1. The smallest absolute Gasteiger partial charge is 0.306 e. The number of benzene rings is 2. The van der Waals surface area contributed by atoms with Crippen LogP contribution in [0.15, 0.2) is 52.4 Å². The van der Waals surface area contributed by atoms with Gasteiger partial charge in [0.25, 0.3) is 0 Å². The van der Waals surface area contributed by atoms with E-state index in [1.807, 2.05) is 30.3 Å². The van der Waals surface area contributed by atoms with Gasteiger partial charge in [-0.2, -0.15) is 0 Å². The number of esters is 1. The Hall–Kier alpha value is -2.47. The lowest BCUT2D eigenvalue weighted by Gasteiger charge is -2.07. The Bertz CT molecular complexity index is 716. The lowest BCUT2D eigenvalue weighted by Crippen LogP contribution is -2.00. The van der Waals surface area contributed by atoms with Crippen LogP contribution in [-0.2, 0) is 16.0 Å². The molecular formula is C18H19NO4S. The number of aromatic hydroxyl groups is 2. The molecule has 0 bridgehead atoms. The minimum Gasteiger partial charge on any atom is -0.507 e. The molecule has 24 heavy (non-hydrogen) atoms. The summed E-state index contributed by atoms with van der Waals surface area (Å²) in [6.07, 6.45) is 2.56. The highest BCUT2D eigenvalue weighted by Gasteiger charge is 2.09. The van der Waals surface area contributed by atoms with Gasteiger partial charge in [-0.3, -0.25) is 9.79 Å². The van der Waals surface area contributed by atoms with Gasteiger partial charge in [-0.05, 0) is 11.6 Å². The SMILES string of the molecule is COC(=O)CCSc1cc(O)c(N=CCc2ccccc2)cc1O. The van der Waals surface area contributed by atoms with Crippen molar-refractivity contribution in [1.82, 2.24) is 0 Å². The molecular weight excluding hydrogens is 326 g/mol. The zero-order valence-corrected chi connectivity index (χ0v) is 14.1. The monoisotopic (exact) mass is 345 g/mol. The molecule has 0 aliphatic heterocycles. The molecule has 0 heterocycles. The van der Waals surface area contributed by atoms with Gasteiger partial charge in [0.15, 0.2) is 0 Å². The van der Waals surface area contributed by atoms with E-state index in [0.717, 1.165) is 5.56 Å². The van der Waals surface area contributed by atoms with Crippen molar-refractivity contribution in [3.8, 4) is 11.5 Å².